The van der Waals surface area contributed by atoms with Crippen LogP contribution in [0.2, 0.25) is 0 Å². The molecule has 1 atom stereocenters. The van der Waals surface area contributed by atoms with E-state index in [1.54, 1.807) is 17.0 Å². The summed E-state index contributed by atoms with van der Waals surface area (Å²) in [5, 5.41) is 12.0. The zero-order valence-corrected chi connectivity index (χ0v) is 12.6. The van der Waals surface area contributed by atoms with Crippen molar-refractivity contribution in [2.24, 2.45) is 5.92 Å². The Bertz CT molecular complexity index is 467. The number of aliphatic hydroxyl groups is 1. The minimum absolute atomic E-state index is 0.0834. The number of nitrogens with zero attached hydrogens (tertiary/aromatic N) is 1. The van der Waals surface area contributed by atoms with Gasteiger partial charge in [0.25, 0.3) is 0 Å². The summed E-state index contributed by atoms with van der Waals surface area (Å²) in [6, 6.07) is 5.78. The molecule has 1 aliphatic heterocycles. The lowest BCUT2D eigenvalue weighted by Crippen LogP contribution is -2.46. The highest BCUT2D eigenvalue weighted by Gasteiger charge is 2.22. The predicted octanol–water partition coefficient (Wildman–Crippen LogP) is 2.01. The minimum atomic E-state index is -0.290. The first-order valence-corrected chi connectivity index (χ1v) is 7.71. The quantitative estimate of drug-likeness (QED) is 0.790. The average Bonchev–Trinajstić information content (AvgIpc) is 2.56. The van der Waals surface area contributed by atoms with Gasteiger partial charge >= 0.3 is 6.03 Å². The van der Waals surface area contributed by atoms with E-state index in [2.05, 4.69) is 5.32 Å². The molecule has 0 radical (unpaired) electrons. The van der Waals surface area contributed by atoms with Gasteiger partial charge in [-0.1, -0.05) is 0 Å². The van der Waals surface area contributed by atoms with Crippen molar-refractivity contribution >= 4 is 6.03 Å². The van der Waals surface area contributed by atoms with E-state index in [1.807, 2.05) is 0 Å². The van der Waals surface area contributed by atoms with Crippen molar-refractivity contribution in [2.45, 2.75) is 19.3 Å². The van der Waals surface area contributed by atoms with E-state index < -0.39 is 0 Å². The van der Waals surface area contributed by atoms with Crippen molar-refractivity contribution in [3.05, 3.63) is 30.1 Å². The van der Waals surface area contributed by atoms with E-state index in [0.717, 1.165) is 19.4 Å². The normalized spacial score (nSPS) is 18.1. The van der Waals surface area contributed by atoms with E-state index in [1.165, 1.54) is 12.1 Å². The molecule has 2 amide bonds. The predicted molar refractivity (Wildman–Crippen MR) is 81.3 cm³/mol. The first-order valence-electron chi connectivity index (χ1n) is 7.71. The summed E-state index contributed by atoms with van der Waals surface area (Å²) in [6.07, 6.45) is 2.60. The summed E-state index contributed by atoms with van der Waals surface area (Å²) in [4.78, 5) is 13.7. The fourth-order valence-electron chi connectivity index (χ4n) is 2.50. The van der Waals surface area contributed by atoms with Crippen molar-refractivity contribution in [1.29, 1.82) is 0 Å². The van der Waals surface area contributed by atoms with Gasteiger partial charge in [-0.25, -0.2) is 9.18 Å². The molecular weight excluding hydrogens is 287 g/mol. The third-order valence-corrected chi connectivity index (χ3v) is 3.74. The molecular formula is C16H23FN2O3. The van der Waals surface area contributed by atoms with E-state index in [9.17, 15) is 9.18 Å². The van der Waals surface area contributed by atoms with Crippen LogP contribution >= 0.6 is 0 Å². The van der Waals surface area contributed by atoms with Gasteiger partial charge in [-0.2, -0.15) is 0 Å². The van der Waals surface area contributed by atoms with E-state index in [4.69, 9.17) is 9.84 Å². The van der Waals surface area contributed by atoms with Crippen molar-refractivity contribution in [1.82, 2.24) is 10.2 Å². The number of piperidine rings is 1. The Morgan fingerprint density at radius 2 is 2.18 bits per heavy atom. The number of rotatable bonds is 6. The molecule has 0 bridgehead atoms. The number of halogens is 1. The molecule has 1 aliphatic rings. The van der Waals surface area contributed by atoms with Crippen LogP contribution < -0.4 is 10.1 Å². The maximum Gasteiger partial charge on any atom is 0.317 e. The van der Waals surface area contributed by atoms with Crippen LogP contribution in [0.25, 0.3) is 0 Å². The third-order valence-electron chi connectivity index (χ3n) is 3.74. The maximum absolute atomic E-state index is 12.7. The Kier molecular flexibility index (Phi) is 6.45. The van der Waals surface area contributed by atoms with Gasteiger partial charge in [0, 0.05) is 26.2 Å². The summed E-state index contributed by atoms with van der Waals surface area (Å²) in [6.45, 7) is 2.49. The first kappa shape index (κ1) is 16.5. The van der Waals surface area contributed by atoms with Gasteiger partial charge in [0.15, 0.2) is 0 Å². The number of aliphatic hydroxyl groups excluding tert-OH is 1. The van der Waals surface area contributed by atoms with E-state index >= 15 is 0 Å². The lowest BCUT2D eigenvalue weighted by Gasteiger charge is -2.31. The van der Waals surface area contributed by atoms with Crippen LogP contribution in [0, 0.1) is 11.7 Å². The molecule has 1 aromatic carbocycles. The van der Waals surface area contributed by atoms with Crippen molar-refractivity contribution < 1.29 is 19.0 Å². The van der Waals surface area contributed by atoms with Crippen molar-refractivity contribution in [3.8, 4) is 5.75 Å². The van der Waals surface area contributed by atoms with Gasteiger partial charge in [-0.15, -0.1) is 0 Å². The fourth-order valence-corrected chi connectivity index (χ4v) is 2.50. The Balaban J connectivity index is 1.60. The second kappa shape index (κ2) is 8.58. The van der Waals surface area contributed by atoms with Crippen molar-refractivity contribution in [3.63, 3.8) is 0 Å². The molecule has 1 heterocycles. The number of carbonyl (C=O) groups excluding carboxylic acids is 1. The number of ether oxygens (including phenoxy) is 1. The molecule has 1 unspecified atom stereocenters. The van der Waals surface area contributed by atoms with E-state index in [0.29, 0.717) is 31.9 Å². The summed E-state index contributed by atoms with van der Waals surface area (Å²) >= 11 is 0. The Morgan fingerprint density at radius 3 is 2.91 bits per heavy atom. The second-order valence-corrected chi connectivity index (χ2v) is 5.52. The molecule has 0 aromatic heterocycles. The third kappa shape index (κ3) is 5.18. The fraction of sp³-hybridized carbons (Fsp3) is 0.562. The highest BCUT2D eigenvalue weighted by molar-refractivity contribution is 5.74. The van der Waals surface area contributed by atoms with Crippen LogP contribution in [0.15, 0.2) is 24.3 Å². The monoisotopic (exact) mass is 310 g/mol. The average molecular weight is 310 g/mol. The summed E-state index contributed by atoms with van der Waals surface area (Å²) in [5.74, 6) is 0.526. The number of benzene rings is 1. The second-order valence-electron chi connectivity index (χ2n) is 5.52. The molecule has 0 aliphatic carbocycles. The summed E-state index contributed by atoms with van der Waals surface area (Å²) < 4.78 is 18.2. The molecule has 22 heavy (non-hydrogen) atoms. The first-order chi connectivity index (χ1) is 10.7. The Morgan fingerprint density at radius 1 is 1.41 bits per heavy atom. The lowest BCUT2D eigenvalue weighted by atomic mass is 9.99. The Hall–Kier alpha value is -1.82. The molecule has 2 N–H and O–H groups in total. The van der Waals surface area contributed by atoms with Gasteiger partial charge in [-0.3, -0.25) is 0 Å². The van der Waals surface area contributed by atoms with Crippen LogP contribution in [0.3, 0.4) is 0 Å². The summed E-state index contributed by atoms with van der Waals surface area (Å²) in [7, 11) is 0. The SMILES string of the molecule is O=C(NCCCOc1ccc(F)cc1)N1CCCC(CO)C1. The number of nitrogens with one attached hydrogen (secondary N) is 1. The topological polar surface area (TPSA) is 61.8 Å². The van der Waals surface area contributed by atoms with Crippen LogP contribution in [0.5, 0.6) is 5.75 Å². The highest BCUT2D eigenvalue weighted by Crippen LogP contribution is 2.15. The number of likely N-dealkylation sites (tertiary alicyclic amines) is 1. The molecule has 5 nitrogen and oxygen atoms in total. The molecule has 2 rings (SSSR count). The van der Waals surface area contributed by atoms with Crippen molar-refractivity contribution in [2.75, 3.05) is 32.8 Å². The maximum atomic E-state index is 12.7. The van der Waals surface area contributed by atoms with Crippen LogP contribution in [-0.2, 0) is 0 Å². The highest BCUT2D eigenvalue weighted by atomic mass is 19.1. The van der Waals surface area contributed by atoms with Gasteiger partial charge in [0.1, 0.15) is 11.6 Å². The van der Waals surface area contributed by atoms with Gasteiger partial charge in [0.2, 0.25) is 0 Å². The standard InChI is InChI=1S/C16H23FN2O3/c17-14-4-6-15(7-5-14)22-10-2-8-18-16(21)19-9-1-3-13(11-19)12-20/h4-7,13,20H,1-3,8-12H2,(H,18,21). The van der Waals surface area contributed by atoms with Gasteiger partial charge in [0.05, 0.1) is 6.61 Å². The van der Waals surface area contributed by atoms with Crippen LogP contribution in [-0.4, -0.2) is 48.9 Å². The number of hydrogen-bond donors (Lipinski definition) is 2. The van der Waals surface area contributed by atoms with E-state index in [-0.39, 0.29) is 24.4 Å². The number of urea groups is 1. The number of hydrogen-bond acceptors (Lipinski definition) is 3. The zero-order valence-electron chi connectivity index (χ0n) is 12.6. The van der Waals surface area contributed by atoms with Gasteiger partial charge < -0.3 is 20.1 Å². The van der Waals surface area contributed by atoms with Crippen LogP contribution in [0.4, 0.5) is 9.18 Å². The molecule has 1 aromatic rings. The number of carbonyl (C=O) groups is 1. The largest absolute Gasteiger partial charge is 0.494 e. The molecule has 1 saturated heterocycles. The van der Waals surface area contributed by atoms with Crippen LogP contribution in [0.1, 0.15) is 19.3 Å². The molecule has 1 fully saturated rings. The van der Waals surface area contributed by atoms with Gasteiger partial charge in [-0.05, 0) is 49.4 Å². The number of amides is 2. The smallest absolute Gasteiger partial charge is 0.317 e. The molecule has 122 valence electrons. The minimum Gasteiger partial charge on any atom is -0.494 e. The molecule has 0 spiro atoms. The zero-order chi connectivity index (χ0) is 15.8. The lowest BCUT2D eigenvalue weighted by molar-refractivity contribution is 0.129. The molecule has 6 heteroatoms. The molecule has 0 saturated carbocycles. The summed E-state index contributed by atoms with van der Waals surface area (Å²) in [5.41, 5.74) is 0. The Labute approximate surface area is 130 Å².